The van der Waals surface area contributed by atoms with Crippen molar-refractivity contribution in [1.82, 2.24) is 4.90 Å². The van der Waals surface area contributed by atoms with Gasteiger partial charge in [0.15, 0.2) is 0 Å². The van der Waals surface area contributed by atoms with Gasteiger partial charge in [-0.2, -0.15) is 0 Å². The van der Waals surface area contributed by atoms with Crippen LogP contribution in [-0.2, 0) is 0 Å². The second-order valence-corrected chi connectivity index (χ2v) is 6.66. The molecule has 0 aliphatic carbocycles. The molecule has 2 aromatic carbocycles. The zero-order valence-electron chi connectivity index (χ0n) is 14.5. The van der Waals surface area contributed by atoms with Gasteiger partial charge >= 0.3 is 0 Å². The summed E-state index contributed by atoms with van der Waals surface area (Å²) in [6.45, 7) is -0.756. The fourth-order valence-electron chi connectivity index (χ4n) is 2.43. The van der Waals surface area contributed by atoms with E-state index in [9.17, 15) is 0 Å². The van der Waals surface area contributed by atoms with E-state index in [1.165, 1.54) is 4.90 Å². The van der Waals surface area contributed by atoms with Gasteiger partial charge in [-0.3, -0.25) is 0 Å². The maximum atomic E-state index is 8.14. The highest BCUT2D eigenvalue weighted by Gasteiger charge is 2.22. The average molecular weight is 357 g/mol. The lowest BCUT2D eigenvalue weighted by Crippen LogP contribution is -2.25. The molecule has 0 spiro atoms. The SMILES string of the molecule is Cl.[2H]C([2H])(CCN1c2ccccc2Sc2ccc(Cl)cc21)N(C)C. The number of nitrogens with zero attached hydrogens (tertiary/aromatic N) is 2. The van der Waals surface area contributed by atoms with E-state index in [0.29, 0.717) is 18.0 Å². The molecule has 0 fully saturated rings. The number of para-hydroxylation sites is 1. The molecule has 3 rings (SSSR count). The molecule has 0 aromatic heterocycles. The van der Waals surface area contributed by atoms with Crippen molar-refractivity contribution in [2.45, 2.75) is 16.2 Å². The van der Waals surface area contributed by atoms with Gasteiger partial charge in [-0.25, -0.2) is 0 Å². The Balaban J connectivity index is 0.00000208. The molecule has 0 saturated carbocycles. The summed E-state index contributed by atoms with van der Waals surface area (Å²) >= 11 is 7.92. The zero-order chi connectivity index (χ0) is 16.6. The minimum absolute atomic E-state index is 0. The van der Waals surface area contributed by atoms with Crippen LogP contribution in [0.1, 0.15) is 9.16 Å². The highest BCUT2D eigenvalue weighted by molar-refractivity contribution is 7.99. The molecule has 0 bridgehead atoms. The molecule has 0 amide bonds. The Morgan fingerprint density at radius 2 is 1.86 bits per heavy atom. The zero-order valence-corrected chi connectivity index (χ0v) is 14.9. The summed E-state index contributed by atoms with van der Waals surface area (Å²) in [5.41, 5.74) is 2.16. The Morgan fingerprint density at radius 3 is 2.64 bits per heavy atom. The minimum Gasteiger partial charge on any atom is -0.340 e. The van der Waals surface area contributed by atoms with Gasteiger partial charge in [0.05, 0.1) is 11.4 Å². The molecule has 118 valence electrons. The molecule has 1 aliphatic heterocycles. The van der Waals surface area contributed by atoms with E-state index in [-0.39, 0.29) is 12.4 Å². The molecule has 0 unspecified atom stereocenters. The summed E-state index contributed by atoms with van der Waals surface area (Å²) in [6, 6.07) is 14.1. The third-order valence-corrected chi connectivity index (χ3v) is 4.72. The smallest absolute Gasteiger partial charge is 0.0567 e. The Labute approximate surface area is 150 Å². The highest BCUT2D eigenvalue weighted by atomic mass is 35.5. The second-order valence-electron chi connectivity index (χ2n) is 5.14. The van der Waals surface area contributed by atoms with Crippen molar-refractivity contribution >= 4 is 47.1 Å². The molecule has 0 atom stereocenters. The number of benzene rings is 2. The summed E-state index contributed by atoms with van der Waals surface area (Å²) in [6.07, 6.45) is 0.408. The molecule has 1 heterocycles. The summed E-state index contributed by atoms with van der Waals surface area (Å²) < 4.78 is 16.3. The van der Waals surface area contributed by atoms with Crippen LogP contribution in [0.25, 0.3) is 0 Å². The molecular weight excluding hydrogens is 335 g/mol. The van der Waals surface area contributed by atoms with Gasteiger partial charge < -0.3 is 9.80 Å². The monoisotopic (exact) mass is 356 g/mol. The summed E-state index contributed by atoms with van der Waals surface area (Å²) in [7, 11) is 3.54. The Morgan fingerprint density at radius 1 is 1.14 bits per heavy atom. The van der Waals surface area contributed by atoms with Crippen molar-refractivity contribution < 1.29 is 2.74 Å². The molecule has 0 N–H and O–H groups in total. The number of hydrogen-bond donors (Lipinski definition) is 0. The van der Waals surface area contributed by atoms with Crippen LogP contribution in [0.5, 0.6) is 0 Å². The Hall–Kier alpha value is -0.870. The lowest BCUT2D eigenvalue weighted by Gasteiger charge is -2.33. The fourth-order valence-corrected chi connectivity index (χ4v) is 3.67. The highest BCUT2D eigenvalue weighted by Crippen LogP contribution is 2.48. The van der Waals surface area contributed by atoms with Crippen LogP contribution in [0.2, 0.25) is 5.02 Å². The predicted molar refractivity (Wildman–Crippen MR) is 99.4 cm³/mol. The molecule has 0 radical (unpaired) electrons. The second kappa shape index (κ2) is 7.60. The molecular formula is C17H20Cl2N2S. The van der Waals surface area contributed by atoms with Crippen molar-refractivity contribution in [1.29, 1.82) is 0 Å². The van der Waals surface area contributed by atoms with Crippen molar-refractivity contribution in [2.24, 2.45) is 0 Å². The van der Waals surface area contributed by atoms with Gasteiger partial charge in [0.25, 0.3) is 0 Å². The van der Waals surface area contributed by atoms with Crippen LogP contribution >= 0.6 is 35.8 Å². The lowest BCUT2D eigenvalue weighted by molar-refractivity contribution is 0.402. The van der Waals surface area contributed by atoms with Crippen molar-refractivity contribution in [2.75, 3.05) is 32.0 Å². The van der Waals surface area contributed by atoms with Crippen LogP contribution in [-0.4, -0.2) is 32.0 Å². The molecule has 2 aromatic rings. The third-order valence-electron chi connectivity index (χ3n) is 3.35. The standard InChI is InChI=1S/C17H19ClN2S.ClH/c1-19(2)10-5-11-20-14-6-3-4-7-16(14)21-17-9-8-13(18)12-15(17)20;/h3-4,6-9,12H,5,10-11H2,1-2H3;1H/i10D2;. The molecule has 0 saturated heterocycles. The lowest BCUT2D eigenvalue weighted by atomic mass is 10.2. The molecule has 2 nitrogen and oxygen atoms in total. The predicted octanol–water partition coefficient (Wildman–Crippen LogP) is 5.32. The van der Waals surface area contributed by atoms with E-state index in [4.69, 9.17) is 14.3 Å². The maximum Gasteiger partial charge on any atom is 0.0567 e. The third kappa shape index (κ3) is 3.72. The van der Waals surface area contributed by atoms with Crippen LogP contribution in [0.3, 0.4) is 0 Å². The van der Waals surface area contributed by atoms with Gasteiger partial charge in [0.2, 0.25) is 0 Å². The van der Waals surface area contributed by atoms with Gasteiger partial charge in [0, 0.05) is 24.1 Å². The topological polar surface area (TPSA) is 6.48 Å². The number of rotatable bonds is 4. The molecule has 1 aliphatic rings. The Kier molecular flexibility index (Phi) is 5.08. The van der Waals surface area contributed by atoms with Crippen LogP contribution < -0.4 is 4.90 Å². The molecule has 5 heteroatoms. The Bertz CT molecular complexity index is 725. The van der Waals surface area contributed by atoms with Gasteiger partial charge in [-0.1, -0.05) is 35.5 Å². The minimum atomic E-state index is -1.35. The first-order valence-corrected chi connectivity index (χ1v) is 8.09. The summed E-state index contributed by atoms with van der Waals surface area (Å²) in [4.78, 5) is 6.14. The normalized spacial score (nSPS) is 14.6. The number of hydrogen-bond acceptors (Lipinski definition) is 3. The quantitative estimate of drug-likeness (QED) is 0.732. The van der Waals surface area contributed by atoms with E-state index in [2.05, 4.69) is 17.0 Å². The number of fused-ring (bicyclic) bond motifs is 2. The fraction of sp³-hybridized carbons (Fsp3) is 0.294. The molecule has 22 heavy (non-hydrogen) atoms. The number of anilines is 2. The van der Waals surface area contributed by atoms with E-state index in [1.807, 2.05) is 30.3 Å². The van der Waals surface area contributed by atoms with Crippen LogP contribution in [0.4, 0.5) is 11.4 Å². The van der Waals surface area contributed by atoms with Crippen molar-refractivity contribution in [3.63, 3.8) is 0 Å². The van der Waals surface area contributed by atoms with Gasteiger partial charge in [-0.05, 0) is 57.3 Å². The summed E-state index contributed by atoms with van der Waals surface area (Å²) in [5, 5.41) is 0.698. The van der Waals surface area contributed by atoms with E-state index < -0.39 is 6.50 Å². The van der Waals surface area contributed by atoms with Gasteiger partial charge in [0.1, 0.15) is 0 Å². The first kappa shape index (κ1) is 14.7. The van der Waals surface area contributed by atoms with Crippen molar-refractivity contribution in [3.05, 3.63) is 47.5 Å². The maximum absolute atomic E-state index is 8.14. The summed E-state index contributed by atoms with van der Waals surface area (Å²) in [5.74, 6) is 0. The first-order chi connectivity index (χ1) is 10.9. The van der Waals surface area contributed by atoms with E-state index in [1.54, 1.807) is 30.8 Å². The van der Waals surface area contributed by atoms with Crippen LogP contribution in [0, 0.1) is 0 Å². The van der Waals surface area contributed by atoms with Crippen LogP contribution in [0.15, 0.2) is 52.3 Å². The van der Waals surface area contributed by atoms with E-state index >= 15 is 0 Å². The van der Waals surface area contributed by atoms with E-state index in [0.717, 1.165) is 16.3 Å². The van der Waals surface area contributed by atoms with Gasteiger partial charge in [-0.15, -0.1) is 12.4 Å². The largest absolute Gasteiger partial charge is 0.340 e. The van der Waals surface area contributed by atoms with Crippen molar-refractivity contribution in [3.8, 4) is 0 Å². The first-order valence-electron chi connectivity index (χ1n) is 7.90. The number of halogens is 2. The average Bonchev–Trinajstić information content (AvgIpc) is 2.51.